The minimum atomic E-state index is -0.857. The first-order chi connectivity index (χ1) is 18.8. The maximum Gasteiger partial charge on any atom is 0.306 e. The Balaban J connectivity index is 1.47. The number of phenolic OH excluding ortho intramolecular Hbond substituents is 1. The van der Waals surface area contributed by atoms with E-state index < -0.39 is 23.1 Å². The van der Waals surface area contributed by atoms with Gasteiger partial charge in [-0.05, 0) is 43.0 Å². The van der Waals surface area contributed by atoms with Crippen molar-refractivity contribution in [1.29, 1.82) is 0 Å². The highest BCUT2D eigenvalue weighted by Crippen LogP contribution is 2.39. The van der Waals surface area contributed by atoms with Crippen LogP contribution in [-0.2, 0) is 22.6 Å². The largest absolute Gasteiger partial charge is 0.504 e. The highest BCUT2D eigenvalue weighted by molar-refractivity contribution is 5.71. The van der Waals surface area contributed by atoms with Crippen molar-refractivity contribution in [2.24, 2.45) is 5.92 Å². The fraction of sp³-hybridized carbons (Fsp3) is 0.414. The van der Waals surface area contributed by atoms with Gasteiger partial charge in [0.1, 0.15) is 5.76 Å². The molecule has 2 aromatic heterocycles. The summed E-state index contributed by atoms with van der Waals surface area (Å²) >= 11 is 0. The van der Waals surface area contributed by atoms with Crippen molar-refractivity contribution in [2.45, 2.75) is 44.7 Å². The number of nitrogens with zero attached hydrogens (tertiary/aromatic N) is 2. The number of methoxy groups -OCH3 is 1. The van der Waals surface area contributed by atoms with Gasteiger partial charge in [-0.3, -0.25) is 19.3 Å². The Hall–Kier alpha value is -4.05. The Bertz CT molecular complexity index is 1490. The van der Waals surface area contributed by atoms with E-state index in [1.165, 1.54) is 19.2 Å². The second-order valence-electron chi connectivity index (χ2n) is 10.2. The number of phenols is 1. The molecule has 3 atom stereocenters. The Labute approximate surface area is 225 Å². The first kappa shape index (κ1) is 26.6. The number of hydrogen-bond acceptors (Lipinski definition) is 9. The number of esters is 1. The van der Waals surface area contributed by atoms with Crippen LogP contribution in [0.3, 0.4) is 0 Å². The summed E-state index contributed by atoms with van der Waals surface area (Å²) in [5.74, 6) is -1.07. The molecule has 0 amide bonds. The van der Waals surface area contributed by atoms with E-state index in [0.717, 1.165) is 18.7 Å². The normalized spacial score (nSPS) is 19.2. The zero-order valence-electron chi connectivity index (χ0n) is 22.0. The highest BCUT2D eigenvalue weighted by Gasteiger charge is 2.35. The van der Waals surface area contributed by atoms with Crippen LogP contribution in [0.4, 0.5) is 0 Å². The number of ether oxygens (including phenoxy) is 2. The third-order valence-electron chi connectivity index (χ3n) is 7.54. The molecule has 1 aromatic carbocycles. The van der Waals surface area contributed by atoms with E-state index in [-0.39, 0.29) is 35.2 Å². The van der Waals surface area contributed by atoms with Crippen molar-refractivity contribution < 1.29 is 28.9 Å². The maximum atomic E-state index is 12.9. The third-order valence-corrected chi connectivity index (χ3v) is 7.54. The molecule has 1 fully saturated rings. The topological polar surface area (TPSA) is 131 Å². The van der Waals surface area contributed by atoms with Crippen LogP contribution in [0.2, 0.25) is 0 Å². The van der Waals surface area contributed by atoms with Crippen LogP contribution in [0.25, 0.3) is 0 Å². The van der Waals surface area contributed by atoms with Crippen LogP contribution in [-0.4, -0.2) is 52.5 Å². The minimum absolute atomic E-state index is 0.0168. The average molecular weight is 537 g/mol. The van der Waals surface area contributed by atoms with Gasteiger partial charge < -0.3 is 28.7 Å². The summed E-state index contributed by atoms with van der Waals surface area (Å²) in [7, 11) is 1.26. The van der Waals surface area contributed by atoms with Crippen LogP contribution in [0, 0.1) is 5.92 Å². The van der Waals surface area contributed by atoms with Gasteiger partial charge in [0.15, 0.2) is 17.3 Å². The number of rotatable bonds is 8. The van der Waals surface area contributed by atoms with Crippen LogP contribution >= 0.6 is 0 Å². The number of carbonyl (C=O) groups is 1. The van der Waals surface area contributed by atoms with E-state index in [0.29, 0.717) is 43.5 Å². The van der Waals surface area contributed by atoms with Crippen LogP contribution in [0.5, 0.6) is 17.2 Å². The summed E-state index contributed by atoms with van der Waals surface area (Å²) in [6.45, 7) is 4.50. The van der Waals surface area contributed by atoms with Crippen molar-refractivity contribution >= 4 is 5.97 Å². The Kier molecular flexibility index (Phi) is 7.47. The molecule has 0 aliphatic carbocycles. The third kappa shape index (κ3) is 5.42. The SMILES string of the molecule is CCOc1cc(C(CC(=O)OC)c2oc(CN3CC4CC(C3)c3cccc(=O)n3C4)cc(=O)c2O)ccc1O. The number of hydrogen-bond donors (Lipinski definition) is 2. The first-order valence-electron chi connectivity index (χ1n) is 13.1. The molecule has 0 saturated carbocycles. The van der Waals surface area contributed by atoms with Gasteiger partial charge in [0.05, 0.1) is 32.6 Å². The van der Waals surface area contributed by atoms with Gasteiger partial charge in [0, 0.05) is 43.4 Å². The fourth-order valence-corrected chi connectivity index (χ4v) is 5.84. The molecule has 4 heterocycles. The summed E-state index contributed by atoms with van der Waals surface area (Å²) in [6, 6.07) is 11.2. The van der Waals surface area contributed by atoms with Crippen molar-refractivity contribution in [3.05, 3.63) is 85.8 Å². The number of carbonyl (C=O) groups excluding carboxylic acids is 1. The number of benzene rings is 1. The molecule has 39 heavy (non-hydrogen) atoms. The van der Waals surface area contributed by atoms with Gasteiger partial charge in [-0.2, -0.15) is 0 Å². The smallest absolute Gasteiger partial charge is 0.306 e. The van der Waals surface area contributed by atoms with Crippen LogP contribution < -0.4 is 15.7 Å². The van der Waals surface area contributed by atoms with Gasteiger partial charge in [-0.25, -0.2) is 0 Å². The highest BCUT2D eigenvalue weighted by atomic mass is 16.5. The van der Waals surface area contributed by atoms with Crippen molar-refractivity contribution in [2.75, 3.05) is 26.8 Å². The second kappa shape index (κ2) is 11.0. The number of piperidine rings is 1. The molecule has 5 rings (SSSR count). The lowest BCUT2D eigenvalue weighted by molar-refractivity contribution is -0.140. The molecule has 3 aromatic rings. The Morgan fingerprint density at radius 1 is 1.13 bits per heavy atom. The Morgan fingerprint density at radius 2 is 1.95 bits per heavy atom. The van der Waals surface area contributed by atoms with E-state index in [1.54, 1.807) is 31.2 Å². The van der Waals surface area contributed by atoms with Gasteiger partial charge in [-0.1, -0.05) is 12.1 Å². The molecule has 3 unspecified atom stereocenters. The molecular formula is C29H32N2O8. The molecule has 2 aliphatic rings. The zero-order valence-corrected chi connectivity index (χ0v) is 22.0. The Morgan fingerprint density at radius 3 is 2.72 bits per heavy atom. The predicted octanol–water partition coefficient (Wildman–Crippen LogP) is 2.93. The molecule has 2 aliphatic heterocycles. The lowest BCUT2D eigenvalue weighted by Crippen LogP contribution is -2.46. The summed E-state index contributed by atoms with van der Waals surface area (Å²) in [5.41, 5.74) is 0.931. The molecule has 0 spiro atoms. The molecule has 2 N–H and O–H groups in total. The quantitative estimate of drug-likeness (QED) is 0.417. The number of aromatic hydroxyl groups is 2. The lowest BCUT2D eigenvalue weighted by atomic mass is 9.83. The first-order valence-corrected chi connectivity index (χ1v) is 13.1. The fourth-order valence-electron chi connectivity index (χ4n) is 5.84. The van der Waals surface area contributed by atoms with E-state index in [2.05, 4.69) is 4.90 Å². The van der Waals surface area contributed by atoms with E-state index in [4.69, 9.17) is 13.9 Å². The zero-order chi connectivity index (χ0) is 27.7. The number of fused-ring (bicyclic) bond motifs is 4. The summed E-state index contributed by atoms with van der Waals surface area (Å²) in [6.07, 6.45) is 0.793. The molecule has 0 radical (unpaired) electrons. The predicted molar refractivity (Wildman–Crippen MR) is 141 cm³/mol. The van der Waals surface area contributed by atoms with Crippen molar-refractivity contribution in [1.82, 2.24) is 9.47 Å². The lowest BCUT2D eigenvalue weighted by Gasteiger charge is -2.42. The maximum absolute atomic E-state index is 12.9. The number of likely N-dealkylation sites (tertiary alicyclic amines) is 1. The van der Waals surface area contributed by atoms with Crippen molar-refractivity contribution in [3.8, 4) is 17.2 Å². The van der Waals surface area contributed by atoms with E-state index >= 15 is 0 Å². The average Bonchev–Trinajstić information content (AvgIpc) is 2.91. The van der Waals surface area contributed by atoms with Gasteiger partial charge >= 0.3 is 5.97 Å². The minimum Gasteiger partial charge on any atom is -0.504 e. The summed E-state index contributed by atoms with van der Waals surface area (Å²) < 4.78 is 18.4. The van der Waals surface area contributed by atoms with E-state index in [1.807, 2.05) is 10.6 Å². The number of aromatic nitrogens is 1. The van der Waals surface area contributed by atoms with E-state index in [9.17, 15) is 24.6 Å². The summed E-state index contributed by atoms with van der Waals surface area (Å²) in [5, 5.41) is 20.9. The van der Waals surface area contributed by atoms with Crippen molar-refractivity contribution in [3.63, 3.8) is 0 Å². The molecular weight excluding hydrogens is 504 g/mol. The molecule has 206 valence electrons. The van der Waals surface area contributed by atoms with Gasteiger partial charge in [0.2, 0.25) is 11.2 Å². The molecule has 10 nitrogen and oxygen atoms in total. The molecule has 10 heteroatoms. The molecule has 2 bridgehead atoms. The number of pyridine rings is 1. The summed E-state index contributed by atoms with van der Waals surface area (Å²) in [4.78, 5) is 39.8. The van der Waals surface area contributed by atoms with Crippen LogP contribution in [0.1, 0.15) is 54.4 Å². The van der Waals surface area contributed by atoms with Gasteiger partial charge in [0.25, 0.3) is 5.56 Å². The molecule has 1 saturated heterocycles. The second-order valence-corrected chi connectivity index (χ2v) is 10.2. The monoisotopic (exact) mass is 536 g/mol. The standard InChI is InChI=1S/C29H32N2O8/c1-3-38-25-10-18(7-8-23(25)32)21(12-27(35)37-2)29-28(36)24(33)11-20(39-29)16-30-13-17-9-19(15-30)22-5-4-6-26(34)31(22)14-17/h4-8,10-11,17,19,21,32,36H,3,9,12-16H2,1-2H3. The van der Waals surface area contributed by atoms with Crippen LogP contribution in [0.15, 0.2) is 56.5 Å². The van der Waals surface area contributed by atoms with Gasteiger partial charge in [-0.15, -0.1) is 0 Å².